The minimum absolute atomic E-state index is 0.0612. The van der Waals surface area contributed by atoms with Gasteiger partial charge in [0.25, 0.3) is 0 Å². The van der Waals surface area contributed by atoms with E-state index < -0.39 is 32.7 Å². The zero-order valence-corrected chi connectivity index (χ0v) is 21.1. The van der Waals surface area contributed by atoms with Gasteiger partial charge in [0.15, 0.2) is 0 Å². The normalized spacial score (nSPS) is 22.4. The summed E-state index contributed by atoms with van der Waals surface area (Å²) < 4.78 is 72.8. The van der Waals surface area contributed by atoms with Crippen molar-refractivity contribution in [3.05, 3.63) is 59.2 Å². The summed E-state index contributed by atoms with van der Waals surface area (Å²) in [4.78, 5) is 12.6. The molecule has 2 aromatic carbocycles. The molecule has 2 fully saturated rings. The molecule has 1 saturated heterocycles. The lowest BCUT2D eigenvalue weighted by Gasteiger charge is -2.29. The summed E-state index contributed by atoms with van der Waals surface area (Å²) in [5.41, 5.74) is 0.973. The van der Waals surface area contributed by atoms with E-state index in [2.05, 4.69) is 10.6 Å². The van der Waals surface area contributed by atoms with E-state index in [9.17, 15) is 26.4 Å². The molecule has 0 radical (unpaired) electrons. The second-order valence-electron chi connectivity index (χ2n) is 9.93. The molecule has 2 atom stereocenters. The first-order valence-corrected chi connectivity index (χ1v) is 14.0. The number of hydrogen-bond donors (Lipinski definition) is 2. The van der Waals surface area contributed by atoms with Crippen LogP contribution in [-0.2, 0) is 27.5 Å². The number of nitrogens with one attached hydrogen (secondary N) is 2. The molecule has 7 nitrogen and oxygen atoms in total. The van der Waals surface area contributed by atoms with Crippen LogP contribution in [0.3, 0.4) is 0 Å². The molecule has 2 N–H and O–H groups in total. The van der Waals surface area contributed by atoms with E-state index in [1.165, 1.54) is 17.1 Å². The van der Waals surface area contributed by atoms with E-state index in [1.807, 2.05) is 18.2 Å². The molecule has 1 aliphatic carbocycles. The Kier molecular flexibility index (Phi) is 7.21. The summed E-state index contributed by atoms with van der Waals surface area (Å²) in [6.45, 7) is 1.38. The maximum atomic E-state index is 13.2. The standard InChI is InChI=1S/C26H30F3N3O4S/c27-26(28,29)18-3-1-5-21(14-18)37(34,35)32-11-2-4-20(32)15-25(33)31-23-10-12-36-24-13-17(6-9-22(23)24)16-30-19-7-8-19/h1,3,5-6,9,13-14,19-20,23,30H,2,4,7-8,10-12,15-16H2,(H,31,33). The summed E-state index contributed by atoms with van der Waals surface area (Å²) in [6, 6.07) is 9.43. The number of ether oxygens (including phenoxy) is 1. The smallest absolute Gasteiger partial charge is 0.416 e. The number of sulfonamides is 1. The molecule has 1 amide bonds. The summed E-state index contributed by atoms with van der Waals surface area (Å²) in [5.74, 6) is 0.440. The van der Waals surface area contributed by atoms with Gasteiger partial charge in [-0.05, 0) is 55.5 Å². The van der Waals surface area contributed by atoms with Gasteiger partial charge in [-0.15, -0.1) is 0 Å². The monoisotopic (exact) mass is 537 g/mol. The predicted octanol–water partition coefficient (Wildman–Crippen LogP) is 4.14. The van der Waals surface area contributed by atoms with Crippen molar-refractivity contribution in [3.8, 4) is 5.75 Å². The number of nitrogens with zero attached hydrogens (tertiary/aromatic N) is 1. The lowest BCUT2D eigenvalue weighted by atomic mass is 9.98. The van der Waals surface area contributed by atoms with E-state index in [-0.39, 0.29) is 24.9 Å². The first kappa shape index (κ1) is 26.0. The highest BCUT2D eigenvalue weighted by Gasteiger charge is 2.38. The highest BCUT2D eigenvalue weighted by molar-refractivity contribution is 7.89. The number of alkyl halides is 3. The van der Waals surface area contributed by atoms with Crippen molar-refractivity contribution in [1.82, 2.24) is 14.9 Å². The Hall–Kier alpha value is -2.63. The average molecular weight is 538 g/mol. The number of hydrogen-bond acceptors (Lipinski definition) is 5. The van der Waals surface area contributed by atoms with Crippen LogP contribution < -0.4 is 15.4 Å². The summed E-state index contributed by atoms with van der Waals surface area (Å²) >= 11 is 0. The molecular formula is C26H30F3N3O4S. The Morgan fingerprint density at radius 2 is 1.89 bits per heavy atom. The Balaban J connectivity index is 1.25. The molecule has 5 rings (SSSR count). The highest BCUT2D eigenvalue weighted by Crippen LogP contribution is 2.35. The van der Waals surface area contributed by atoms with Crippen LogP contribution in [0.4, 0.5) is 13.2 Å². The first-order chi connectivity index (χ1) is 17.6. The fraction of sp³-hybridized carbons (Fsp3) is 0.500. The number of fused-ring (bicyclic) bond motifs is 1. The van der Waals surface area contributed by atoms with Crippen LogP contribution in [0, 0.1) is 0 Å². The van der Waals surface area contributed by atoms with Crippen molar-refractivity contribution in [2.75, 3.05) is 13.2 Å². The molecule has 200 valence electrons. The maximum absolute atomic E-state index is 13.2. The van der Waals surface area contributed by atoms with E-state index >= 15 is 0 Å². The van der Waals surface area contributed by atoms with Gasteiger partial charge in [0, 0.05) is 43.6 Å². The number of halogens is 3. The zero-order chi connectivity index (χ0) is 26.2. The maximum Gasteiger partial charge on any atom is 0.416 e. The quantitative estimate of drug-likeness (QED) is 0.529. The Labute approximate surface area is 214 Å². The van der Waals surface area contributed by atoms with Crippen LogP contribution >= 0.6 is 0 Å². The van der Waals surface area contributed by atoms with Crippen LogP contribution in [0.25, 0.3) is 0 Å². The third-order valence-corrected chi connectivity index (χ3v) is 9.08. The molecular weight excluding hydrogens is 507 g/mol. The zero-order valence-electron chi connectivity index (χ0n) is 20.3. The van der Waals surface area contributed by atoms with Crippen molar-refractivity contribution in [3.63, 3.8) is 0 Å². The highest BCUT2D eigenvalue weighted by atomic mass is 32.2. The van der Waals surface area contributed by atoms with Gasteiger partial charge >= 0.3 is 6.18 Å². The van der Waals surface area contributed by atoms with Gasteiger partial charge in [-0.2, -0.15) is 17.5 Å². The lowest BCUT2D eigenvalue weighted by molar-refractivity contribution is -0.137. The van der Waals surface area contributed by atoms with Crippen LogP contribution in [0.15, 0.2) is 47.4 Å². The van der Waals surface area contributed by atoms with Gasteiger partial charge in [0.1, 0.15) is 5.75 Å². The molecule has 0 aromatic heterocycles. The van der Waals surface area contributed by atoms with Gasteiger partial charge in [-0.25, -0.2) is 8.42 Å². The van der Waals surface area contributed by atoms with E-state index in [4.69, 9.17) is 4.74 Å². The topological polar surface area (TPSA) is 87.7 Å². The molecule has 1 saturated carbocycles. The van der Waals surface area contributed by atoms with Crippen LogP contribution in [0.5, 0.6) is 5.75 Å². The Morgan fingerprint density at radius 1 is 1.08 bits per heavy atom. The van der Waals surface area contributed by atoms with Gasteiger partial charge in [0.2, 0.25) is 15.9 Å². The fourth-order valence-electron chi connectivity index (χ4n) is 5.01. The number of rotatable bonds is 8. The third-order valence-electron chi connectivity index (χ3n) is 7.14. The lowest BCUT2D eigenvalue weighted by Crippen LogP contribution is -2.40. The summed E-state index contributed by atoms with van der Waals surface area (Å²) in [7, 11) is -4.18. The molecule has 0 spiro atoms. The van der Waals surface area contributed by atoms with Crippen LogP contribution in [-0.4, -0.2) is 43.9 Å². The largest absolute Gasteiger partial charge is 0.493 e. The van der Waals surface area contributed by atoms with Crippen molar-refractivity contribution in [1.29, 1.82) is 0 Å². The van der Waals surface area contributed by atoms with Crippen LogP contribution in [0.2, 0.25) is 0 Å². The van der Waals surface area contributed by atoms with E-state index in [0.29, 0.717) is 38.0 Å². The first-order valence-electron chi connectivity index (χ1n) is 12.6. The molecule has 3 aliphatic rings. The molecule has 11 heteroatoms. The van der Waals surface area contributed by atoms with Crippen molar-refractivity contribution < 1.29 is 31.1 Å². The molecule has 2 unspecified atom stereocenters. The molecule has 2 heterocycles. The van der Waals surface area contributed by atoms with Crippen molar-refractivity contribution >= 4 is 15.9 Å². The van der Waals surface area contributed by atoms with Gasteiger partial charge in [-0.1, -0.05) is 18.2 Å². The Morgan fingerprint density at radius 3 is 2.65 bits per heavy atom. The average Bonchev–Trinajstić information content (AvgIpc) is 3.58. The van der Waals surface area contributed by atoms with Gasteiger partial charge < -0.3 is 15.4 Å². The van der Waals surface area contributed by atoms with Crippen molar-refractivity contribution in [2.45, 2.75) is 74.3 Å². The van der Waals surface area contributed by atoms with Gasteiger partial charge in [0.05, 0.1) is 23.1 Å². The molecule has 0 bridgehead atoms. The third kappa shape index (κ3) is 5.94. The molecule has 37 heavy (non-hydrogen) atoms. The number of carbonyl (C=O) groups is 1. The van der Waals surface area contributed by atoms with E-state index in [1.54, 1.807) is 0 Å². The minimum Gasteiger partial charge on any atom is -0.493 e. The number of carbonyl (C=O) groups excluding carboxylic acids is 1. The minimum atomic E-state index is -4.65. The SMILES string of the molecule is O=C(CC1CCCN1S(=O)(=O)c1cccc(C(F)(F)F)c1)NC1CCOc2cc(CNC3CC3)ccc21. The molecule has 2 aromatic rings. The summed E-state index contributed by atoms with van der Waals surface area (Å²) in [5, 5.41) is 6.48. The summed E-state index contributed by atoms with van der Waals surface area (Å²) in [6.07, 6.45) is -0.709. The fourth-order valence-corrected chi connectivity index (χ4v) is 6.75. The Bertz CT molecular complexity index is 1260. The predicted molar refractivity (Wildman–Crippen MR) is 130 cm³/mol. The second-order valence-corrected chi connectivity index (χ2v) is 11.8. The second kappa shape index (κ2) is 10.3. The number of benzene rings is 2. The van der Waals surface area contributed by atoms with Crippen molar-refractivity contribution in [2.24, 2.45) is 0 Å². The number of amides is 1. The van der Waals surface area contributed by atoms with Crippen LogP contribution in [0.1, 0.15) is 61.3 Å². The molecule has 2 aliphatic heterocycles. The van der Waals surface area contributed by atoms with Gasteiger partial charge in [-0.3, -0.25) is 4.79 Å². The van der Waals surface area contributed by atoms with E-state index in [0.717, 1.165) is 41.6 Å².